The molecule has 4 N–H and O–H groups in total. The topological polar surface area (TPSA) is 95.6 Å². The van der Waals surface area contributed by atoms with Gasteiger partial charge in [0.25, 0.3) is 0 Å². The normalized spacial score (nSPS) is 11.0. The number of hydrogen-bond acceptors (Lipinski definition) is 5. The Kier molecular flexibility index (Phi) is 2.56. The Hall–Kier alpha value is -2.63. The van der Waals surface area contributed by atoms with E-state index in [1.807, 2.05) is 29.8 Å². The number of rotatable bonds is 2. The van der Waals surface area contributed by atoms with Crippen molar-refractivity contribution < 1.29 is 0 Å². The lowest BCUT2D eigenvalue weighted by Gasteiger charge is -2.02. The van der Waals surface area contributed by atoms with Gasteiger partial charge in [-0.05, 0) is 5.56 Å². The first kappa shape index (κ1) is 11.5. The molecule has 2 heterocycles. The summed E-state index contributed by atoms with van der Waals surface area (Å²) in [6, 6.07) is 10.1. The molecule has 3 rings (SSSR count). The van der Waals surface area contributed by atoms with Crippen molar-refractivity contribution in [3.8, 4) is 0 Å². The van der Waals surface area contributed by atoms with Crippen LogP contribution < -0.4 is 11.5 Å². The molecular weight excluding hydrogens is 240 g/mol. The predicted octanol–water partition coefficient (Wildman–Crippen LogP) is 1.12. The van der Waals surface area contributed by atoms with Gasteiger partial charge in [-0.25, -0.2) is 4.98 Å². The molecule has 96 valence electrons. The average Bonchev–Trinajstić information content (AvgIpc) is 2.69. The molecule has 6 heteroatoms. The van der Waals surface area contributed by atoms with E-state index in [-0.39, 0.29) is 5.95 Å². The molecule has 2 aromatic heterocycles. The highest BCUT2D eigenvalue weighted by Gasteiger charge is 2.13. The summed E-state index contributed by atoms with van der Waals surface area (Å²) < 4.78 is 1.90. The van der Waals surface area contributed by atoms with E-state index in [2.05, 4.69) is 27.1 Å². The fourth-order valence-corrected chi connectivity index (χ4v) is 2.08. The SMILES string of the molecule is Cn1c(Cc2ccccc2)nc2c(N)nc(N)nc21. The summed E-state index contributed by atoms with van der Waals surface area (Å²) in [4.78, 5) is 12.6. The average molecular weight is 254 g/mol. The van der Waals surface area contributed by atoms with Crippen molar-refractivity contribution in [1.82, 2.24) is 19.5 Å². The largest absolute Gasteiger partial charge is 0.382 e. The molecule has 0 amide bonds. The number of hydrogen-bond donors (Lipinski definition) is 2. The molecule has 0 aliphatic heterocycles. The smallest absolute Gasteiger partial charge is 0.224 e. The van der Waals surface area contributed by atoms with Crippen molar-refractivity contribution in [2.45, 2.75) is 6.42 Å². The first-order valence-electron chi connectivity index (χ1n) is 5.93. The van der Waals surface area contributed by atoms with E-state index in [1.54, 1.807) is 0 Å². The number of imidazole rings is 1. The fourth-order valence-electron chi connectivity index (χ4n) is 2.08. The Morgan fingerprint density at radius 3 is 2.53 bits per heavy atom. The monoisotopic (exact) mass is 254 g/mol. The van der Waals surface area contributed by atoms with Crippen LogP contribution in [0.15, 0.2) is 30.3 Å². The molecule has 0 saturated heterocycles. The van der Waals surface area contributed by atoms with Gasteiger partial charge in [-0.15, -0.1) is 0 Å². The number of aromatic nitrogens is 4. The minimum absolute atomic E-state index is 0.166. The zero-order valence-electron chi connectivity index (χ0n) is 10.5. The van der Waals surface area contributed by atoms with Gasteiger partial charge in [-0.1, -0.05) is 30.3 Å². The summed E-state index contributed by atoms with van der Waals surface area (Å²) in [5.41, 5.74) is 13.9. The third-order valence-corrected chi connectivity index (χ3v) is 3.06. The number of anilines is 2. The Morgan fingerprint density at radius 2 is 1.79 bits per heavy atom. The van der Waals surface area contributed by atoms with Gasteiger partial charge >= 0.3 is 0 Å². The molecule has 0 fully saturated rings. The van der Waals surface area contributed by atoms with Crippen LogP contribution in [0.2, 0.25) is 0 Å². The lowest BCUT2D eigenvalue weighted by atomic mass is 10.1. The molecule has 19 heavy (non-hydrogen) atoms. The van der Waals surface area contributed by atoms with E-state index in [9.17, 15) is 0 Å². The summed E-state index contributed by atoms with van der Waals surface area (Å²) in [5, 5.41) is 0. The van der Waals surface area contributed by atoms with Gasteiger partial charge in [-0.3, -0.25) is 0 Å². The van der Waals surface area contributed by atoms with Crippen molar-refractivity contribution in [3.63, 3.8) is 0 Å². The maximum Gasteiger partial charge on any atom is 0.224 e. The number of benzene rings is 1. The van der Waals surface area contributed by atoms with Crippen LogP contribution in [0.4, 0.5) is 11.8 Å². The summed E-state index contributed by atoms with van der Waals surface area (Å²) in [6.45, 7) is 0. The molecule has 6 nitrogen and oxygen atoms in total. The van der Waals surface area contributed by atoms with Gasteiger partial charge in [0.05, 0.1) is 0 Å². The van der Waals surface area contributed by atoms with Gasteiger partial charge in [0, 0.05) is 13.5 Å². The van der Waals surface area contributed by atoms with E-state index >= 15 is 0 Å². The summed E-state index contributed by atoms with van der Waals surface area (Å²) >= 11 is 0. The quantitative estimate of drug-likeness (QED) is 0.714. The minimum atomic E-state index is 0.166. The standard InChI is InChI=1S/C13H14N6/c1-19-9(7-8-5-3-2-4-6-8)16-10-11(14)17-13(15)18-12(10)19/h2-6H,7H2,1H3,(H4,14,15,17,18). The van der Waals surface area contributed by atoms with E-state index < -0.39 is 0 Å². The van der Waals surface area contributed by atoms with Crippen LogP contribution in [0.5, 0.6) is 0 Å². The van der Waals surface area contributed by atoms with E-state index in [1.165, 1.54) is 5.56 Å². The molecule has 0 saturated carbocycles. The van der Waals surface area contributed by atoms with Crippen LogP contribution in [0.3, 0.4) is 0 Å². The highest BCUT2D eigenvalue weighted by atomic mass is 15.2. The van der Waals surface area contributed by atoms with Crippen molar-refractivity contribution >= 4 is 22.9 Å². The van der Waals surface area contributed by atoms with Crippen LogP contribution in [0.25, 0.3) is 11.2 Å². The molecule has 0 spiro atoms. The summed E-state index contributed by atoms with van der Waals surface area (Å²) in [6.07, 6.45) is 0.715. The number of nitrogen functional groups attached to an aromatic ring is 2. The second-order valence-electron chi connectivity index (χ2n) is 4.39. The van der Waals surface area contributed by atoms with Gasteiger partial charge < -0.3 is 16.0 Å². The Morgan fingerprint density at radius 1 is 1.05 bits per heavy atom. The highest BCUT2D eigenvalue weighted by Crippen LogP contribution is 2.20. The maximum atomic E-state index is 5.83. The Balaban J connectivity index is 2.10. The van der Waals surface area contributed by atoms with Gasteiger partial charge in [0.1, 0.15) is 5.82 Å². The maximum absolute atomic E-state index is 5.83. The molecule has 0 aliphatic rings. The summed E-state index contributed by atoms with van der Waals surface area (Å²) in [7, 11) is 1.90. The molecular formula is C13H14N6. The Bertz CT molecular complexity index is 732. The number of fused-ring (bicyclic) bond motifs is 1. The first-order valence-corrected chi connectivity index (χ1v) is 5.93. The second-order valence-corrected chi connectivity index (χ2v) is 4.39. The van der Waals surface area contributed by atoms with E-state index in [0.29, 0.717) is 23.4 Å². The number of nitrogens with zero attached hydrogens (tertiary/aromatic N) is 4. The molecule has 0 bridgehead atoms. The number of aryl methyl sites for hydroxylation is 1. The first-order chi connectivity index (χ1) is 9.15. The minimum Gasteiger partial charge on any atom is -0.382 e. The van der Waals surface area contributed by atoms with Crippen LogP contribution in [-0.4, -0.2) is 19.5 Å². The van der Waals surface area contributed by atoms with Crippen molar-refractivity contribution in [2.24, 2.45) is 7.05 Å². The van der Waals surface area contributed by atoms with Crippen molar-refractivity contribution in [1.29, 1.82) is 0 Å². The van der Waals surface area contributed by atoms with Crippen LogP contribution in [0, 0.1) is 0 Å². The third-order valence-electron chi connectivity index (χ3n) is 3.06. The molecule has 0 aliphatic carbocycles. The van der Waals surface area contributed by atoms with Crippen LogP contribution in [0.1, 0.15) is 11.4 Å². The second kappa shape index (κ2) is 4.24. The van der Waals surface area contributed by atoms with Gasteiger partial charge in [0.15, 0.2) is 17.0 Å². The highest BCUT2D eigenvalue weighted by molar-refractivity contribution is 5.83. The predicted molar refractivity (Wildman–Crippen MR) is 74.4 cm³/mol. The number of nitrogens with two attached hydrogens (primary N) is 2. The molecule has 0 unspecified atom stereocenters. The zero-order valence-corrected chi connectivity index (χ0v) is 10.5. The fraction of sp³-hybridized carbons (Fsp3) is 0.154. The van der Waals surface area contributed by atoms with Gasteiger partial charge in [0.2, 0.25) is 5.95 Å². The molecule has 0 atom stereocenters. The lowest BCUT2D eigenvalue weighted by molar-refractivity contribution is 0.836. The molecule has 3 aromatic rings. The lowest BCUT2D eigenvalue weighted by Crippen LogP contribution is -2.02. The van der Waals surface area contributed by atoms with Crippen molar-refractivity contribution in [2.75, 3.05) is 11.5 Å². The van der Waals surface area contributed by atoms with Gasteiger partial charge in [-0.2, -0.15) is 9.97 Å². The van der Waals surface area contributed by atoms with E-state index in [4.69, 9.17) is 11.5 Å². The Labute approximate surface area is 110 Å². The van der Waals surface area contributed by atoms with Crippen LogP contribution in [-0.2, 0) is 13.5 Å². The zero-order chi connectivity index (χ0) is 13.4. The van der Waals surface area contributed by atoms with Crippen LogP contribution >= 0.6 is 0 Å². The molecule has 0 radical (unpaired) electrons. The molecule has 1 aromatic carbocycles. The summed E-state index contributed by atoms with van der Waals surface area (Å²) in [5.74, 6) is 1.37. The van der Waals surface area contributed by atoms with E-state index in [0.717, 1.165) is 5.82 Å². The third kappa shape index (κ3) is 1.97. The van der Waals surface area contributed by atoms with Crippen molar-refractivity contribution in [3.05, 3.63) is 41.7 Å².